The molecule has 13 heavy (non-hydrogen) atoms. The van der Waals surface area contributed by atoms with E-state index in [0.29, 0.717) is 6.42 Å². The highest BCUT2D eigenvalue weighted by atomic mass is 16.7. The molecule has 1 rings (SSSR count). The molecule has 2 unspecified atom stereocenters. The molecule has 0 N–H and O–H groups in total. The summed E-state index contributed by atoms with van der Waals surface area (Å²) < 4.78 is 10.3. The average Bonchev–Trinajstić information content (AvgIpc) is 2.72. The molecule has 0 radical (unpaired) electrons. The van der Waals surface area contributed by atoms with Crippen LogP contribution in [0.25, 0.3) is 0 Å². The molecule has 3 nitrogen and oxygen atoms in total. The van der Waals surface area contributed by atoms with Crippen molar-refractivity contribution in [2.45, 2.75) is 51.2 Å². The Bertz CT molecular complexity index is 214. The predicted octanol–water partition coefficient (Wildman–Crippen LogP) is 1.90. The van der Waals surface area contributed by atoms with E-state index in [-0.39, 0.29) is 11.6 Å². The van der Waals surface area contributed by atoms with Gasteiger partial charge in [0.25, 0.3) is 0 Å². The van der Waals surface area contributed by atoms with E-state index in [4.69, 9.17) is 9.47 Å². The summed E-state index contributed by atoms with van der Waals surface area (Å²) in [5.41, 5.74) is -0.943. The van der Waals surface area contributed by atoms with Crippen LogP contribution in [0.5, 0.6) is 0 Å². The summed E-state index contributed by atoms with van der Waals surface area (Å²) in [5.74, 6) is -0.231. The standard InChI is InChI=1S/C10H18O3/c1-5-7-9(3)10(6-2,13-9)8(11)12-4/h5-7H2,1-4H3. The van der Waals surface area contributed by atoms with Gasteiger partial charge in [0.15, 0.2) is 5.60 Å². The van der Waals surface area contributed by atoms with Gasteiger partial charge in [0.05, 0.1) is 7.11 Å². The van der Waals surface area contributed by atoms with E-state index in [1.165, 1.54) is 7.11 Å². The Hall–Kier alpha value is -0.570. The smallest absolute Gasteiger partial charge is 0.341 e. The first-order valence-electron chi connectivity index (χ1n) is 4.85. The van der Waals surface area contributed by atoms with Gasteiger partial charge in [-0.15, -0.1) is 0 Å². The van der Waals surface area contributed by atoms with Gasteiger partial charge in [-0.05, 0) is 19.8 Å². The minimum absolute atomic E-state index is 0.231. The zero-order valence-electron chi connectivity index (χ0n) is 8.85. The largest absolute Gasteiger partial charge is 0.467 e. The van der Waals surface area contributed by atoms with Crippen LogP contribution < -0.4 is 0 Å². The summed E-state index contributed by atoms with van der Waals surface area (Å²) in [6.45, 7) is 6.03. The Morgan fingerprint density at radius 3 is 2.46 bits per heavy atom. The Balaban J connectivity index is 2.72. The van der Waals surface area contributed by atoms with Crippen molar-refractivity contribution in [1.29, 1.82) is 0 Å². The molecule has 1 saturated heterocycles. The molecule has 0 saturated carbocycles. The van der Waals surface area contributed by atoms with E-state index in [0.717, 1.165) is 12.8 Å². The summed E-state index contributed by atoms with van der Waals surface area (Å²) in [4.78, 5) is 11.5. The second kappa shape index (κ2) is 3.29. The van der Waals surface area contributed by atoms with Crippen LogP contribution in [0.3, 0.4) is 0 Å². The third-order valence-electron chi connectivity index (χ3n) is 2.95. The van der Waals surface area contributed by atoms with Crippen molar-refractivity contribution in [3.63, 3.8) is 0 Å². The van der Waals surface area contributed by atoms with E-state index in [9.17, 15) is 4.79 Å². The second-order valence-electron chi connectivity index (χ2n) is 3.76. The predicted molar refractivity (Wildman–Crippen MR) is 49.4 cm³/mol. The lowest BCUT2D eigenvalue weighted by Gasteiger charge is -2.11. The van der Waals surface area contributed by atoms with E-state index in [1.807, 2.05) is 13.8 Å². The van der Waals surface area contributed by atoms with Gasteiger partial charge in [-0.1, -0.05) is 20.3 Å². The summed E-state index contributed by atoms with van der Waals surface area (Å²) in [5, 5.41) is 0. The van der Waals surface area contributed by atoms with Gasteiger partial charge in [0, 0.05) is 0 Å². The fraction of sp³-hybridized carbons (Fsp3) is 0.900. The van der Waals surface area contributed by atoms with Crippen molar-refractivity contribution in [2.75, 3.05) is 7.11 Å². The molecule has 0 aromatic heterocycles. The van der Waals surface area contributed by atoms with Gasteiger partial charge >= 0.3 is 5.97 Å². The fourth-order valence-corrected chi connectivity index (χ4v) is 2.10. The fourth-order valence-electron chi connectivity index (χ4n) is 2.10. The van der Waals surface area contributed by atoms with Crippen molar-refractivity contribution in [1.82, 2.24) is 0 Å². The van der Waals surface area contributed by atoms with Crippen molar-refractivity contribution in [3.05, 3.63) is 0 Å². The van der Waals surface area contributed by atoms with Crippen molar-refractivity contribution >= 4 is 5.97 Å². The van der Waals surface area contributed by atoms with Crippen LogP contribution in [0.4, 0.5) is 0 Å². The van der Waals surface area contributed by atoms with Gasteiger partial charge < -0.3 is 9.47 Å². The molecule has 1 fully saturated rings. The molecule has 0 amide bonds. The maximum atomic E-state index is 11.5. The molecule has 0 aliphatic carbocycles. The minimum atomic E-state index is -0.655. The first-order valence-corrected chi connectivity index (χ1v) is 4.85. The number of carbonyl (C=O) groups excluding carboxylic acids is 1. The summed E-state index contributed by atoms with van der Waals surface area (Å²) in [6.07, 6.45) is 2.63. The summed E-state index contributed by atoms with van der Waals surface area (Å²) in [7, 11) is 1.41. The third kappa shape index (κ3) is 1.35. The van der Waals surface area contributed by atoms with E-state index in [1.54, 1.807) is 0 Å². The number of methoxy groups -OCH3 is 1. The van der Waals surface area contributed by atoms with Crippen LogP contribution in [0.15, 0.2) is 0 Å². The highest BCUT2D eigenvalue weighted by molar-refractivity contribution is 5.84. The molecule has 0 bridgehead atoms. The van der Waals surface area contributed by atoms with Crippen LogP contribution >= 0.6 is 0 Å². The van der Waals surface area contributed by atoms with E-state index in [2.05, 4.69) is 6.92 Å². The molecule has 76 valence electrons. The molecule has 0 spiro atoms. The van der Waals surface area contributed by atoms with Gasteiger partial charge in [-0.3, -0.25) is 0 Å². The second-order valence-corrected chi connectivity index (χ2v) is 3.76. The third-order valence-corrected chi connectivity index (χ3v) is 2.95. The lowest BCUT2D eigenvalue weighted by Crippen LogP contribution is -2.33. The zero-order valence-corrected chi connectivity index (χ0v) is 8.85. The van der Waals surface area contributed by atoms with Gasteiger partial charge in [0.1, 0.15) is 5.60 Å². The molecular weight excluding hydrogens is 168 g/mol. The Kier molecular flexibility index (Phi) is 2.66. The van der Waals surface area contributed by atoms with Crippen LogP contribution in [0.1, 0.15) is 40.0 Å². The number of ether oxygens (including phenoxy) is 2. The number of esters is 1. The summed E-state index contributed by atoms with van der Waals surface area (Å²) in [6, 6.07) is 0. The lowest BCUT2D eigenvalue weighted by molar-refractivity contribution is -0.147. The zero-order chi connectivity index (χ0) is 10.1. The molecule has 0 aromatic rings. The number of rotatable bonds is 4. The quantitative estimate of drug-likeness (QED) is 0.497. The molecule has 1 heterocycles. The van der Waals surface area contributed by atoms with Crippen LogP contribution in [0, 0.1) is 0 Å². The van der Waals surface area contributed by atoms with Crippen molar-refractivity contribution in [2.24, 2.45) is 0 Å². The average molecular weight is 186 g/mol. The highest BCUT2D eigenvalue weighted by Crippen LogP contribution is 2.53. The topological polar surface area (TPSA) is 38.8 Å². The molecule has 1 aliphatic rings. The molecule has 0 aromatic carbocycles. The molecule has 1 aliphatic heterocycles. The molecule has 3 heteroatoms. The summed E-state index contributed by atoms with van der Waals surface area (Å²) >= 11 is 0. The number of hydrogen-bond acceptors (Lipinski definition) is 3. The van der Waals surface area contributed by atoms with E-state index >= 15 is 0 Å². The number of epoxide rings is 1. The first kappa shape index (κ1) is 10.5. The Morgan fingerprint density at radius 2 is 2.08 bits per heavy atom. The monoisotopic (exact) mass is 186 g/mol. The number of hydrogen-bond donors (Lipinski definition) is 0. The Labute approximate surface area is 79.4 Å². The maximum Gasteiger partial charge on any atom is 0.341 e. The Morgan fingerprint density at radius 1 is 1.46 bits per heavy atom. The highest BCUT2D eigenvalue weighted by Gasteiger charge is 2.70. The first-order chi connectivity index (χ1) is 6.06. The van der Waals surface area contributed by atoms with Gasteiger partial charge in [-0.25, -0.2) is 4.79 Å². The minimum Gasteiger partial charge on any atom is -0.467 e. The van der Waals surface area contributed by atoms with Crippen LogP contribution in [-0.2, 0) is 14.3 Å². The van der Waals surface area contributed by atoms with Gasteiger partial charge in [-0.2, -0.15) is 0 Å². The van der Waals surface area contributed by atoms with Gasteiger partial charge in [0.2, 0.25) is 0 Å². The van der Waals surface area contributed by atoms with Crippen molar-refractivity contribution in [3.8, 4) is 0 Å². The number of carbonyl (C=O) groups is 1. The SMILES string of the molecule is CCCC1(C)OC1(CC)C(=O)OC. The molecule has 2 atom stereocenters. The van der Waals surface area contributed by atoms with Crippen LogP contribution in [0.2, 0.25) is 0 Å². The maximum absolute atomic E-state index is 11.5. The lowest BCUT2D eigenvalue weighted by atomic mass is 9.88. The van der Waals surface area contributed by atoms with E-state index < -0.39 is 5.60 Å². The normalized spacial score (nSPS) is 37.2. The molecular formula is C10H18O3. The van der Waals surface area contributed by atoms with Crippen molar-refractivity contribution < 1.29 is 14.3 Å². The van der Waals surface area contributed by atoms with Crippen LogP contribution in [-0.4, -0.2) is 24.3 Å².